The third-order valence-electron chi connectivity index (χ3n) is 3.00. The van der Waals surface area contributed by atoms with Gasteiger partial charge in [-0.3, -0.25) is 0 Å². The molecular formula is C19H24S. The Morgan fingerprint density at radius 2 is 1.95 bits per heavy atom. The Balaban J connectivity index is 3.26. The number of allylic oxidation sites excluding steroid dienone is 5. The van der Waals surface area contributed by atoms with Crippen LogP contribution in [0.3, 0.4) is 0 Å². The van der Waals surface area contributed by atoms with Crippen molar-refractivity contribution in [2.24, 2.45) is 0 Å². The summed E-state index contributed by atoms with van der Waals surface area (Å²) in [5, 5.41) is 1.32. The molecule has 0 nitrogen and oxygen atoms in total. The second-order valence-electron chi connectivity index (χ2n) is 4.51. The number of hydrogen-bond acceptors (Lipinski definition) is 1. The normalized spacial score (nSPS) is 13.8. The van der Waals surface area contributed by atoms with Gasteiger partial charge in [0, 0.05) is 15.8 Å². The van der Waals surface area contributed by atoms with Crippen molar-refractivity contribution in [1.29, 1.82) is 0 Å². The van der Waals surface area contributed by atoms with Crippen molar-refractivity contribution in [3.8, 4) is 0 Å². The first-order valence-corrected chi connectivity index (χ1v) is 7.88. The standard InChI is InChI=1S/C19H24S/c1-6-10-12-15(5)13-14-17-16(8-3)18(9-4)20-19(17)11-7-2/h7-10,12-14H,2,5-6,11H2,1,3-4H3/b12-10-,14-13-,16-8-,18-9+. The smallest absolute Gasteiger partial charge is 0.0306 e. The van der Waals surface area contributed by atoms with Crippen LogP contribution in [0.25, 0.3) is 18.2 Å². The van der Waals surface area contributed by atoms with E-state index in [0.29, 0.717) is 0 Å². The zero-order chi connectivity index (χ0) is 15.0. The fraction of sp³-hybridized carbons (Fsp3) is 0.263. The minimum Gasteiger partial charge on any atom is -0.140 e. The third kappa shape index (κ3) is 4.21. The lowest BCUT2D eigenvalue weighted by Gasteiger charge is -1.96. The molecule has 0 spiro atoms. The first kappa shape index (κ1) is 16.5. The van der Waals surface area contributed by atoms with Crippen molar-refractivity contribution in [3.05, 3.63) is 63.2 Å². The summed E-state index contributed by atoms with van der Waals surface area (Å²) < 4.78 is 1.33. The average molecular weight is 284 g/mol. The van der Waals surface area contributed by atoms with Crippen LogP contribution in [-0.2, 0) is 6.42 Å². The summed E-state index contributed by atoms with van der Waals surface area (Å²) in [6.45, 7) is 14.2. The molecule has 1 aromatic rings. The van der Waals surface area contributed by atoms with Crippen molar-refractivity contribution in [2.75, 3.05) is 0 Å². The van der Waals surface area contributed by atoms with Crippen molar-refractivity contribution in [2.45, 2.75) is 33.6 Å². The van der Waals surface area contributed by atoms with Crippen LogP contribution in [0.1, 0.15) is 37.6 Å². The van der Waals surface area contributed by atoms with Gasteiger partial charge in [0.25, 0.3) is 0 Å². The minimum absolute atomic E-state index is 0.913. The molecule has 0 bridgehead atoms. The van der Waals surface area contributed by atoms with Crippen LogP contribution in [0.2, 0.25) is 0 Å². The van der Waals surface area contributed by atoms with E-state index in [4.69, 9.17) is 0 Å². The van der Waals surface area contributed by atoms with Crippen molar-refractivity contribution < 1.29 is 0 Å². The predicted octanol–water partition coefficient (Wildman–Crippen LogP) is 4.61. The van der Waals surface area contributed by atoms with Crippen LogP contribution < -0.4 is 9.75 Å². The molecule has 1 aromatic heterocycles. The fourth-order valence-electron chi connectivity index (χ4n) is 2.02. The maximum atomic E-state index is 4.06. The SMILES string of the molecule is C=CCc1sc(=C/C)/c(=C\C)c1/C=C\C(=C)/C=C\CC. The summed E-state index contributed by atoms with van der Waals surface area (Å²) in [6, 6.07) is 0. The highest BCUT2D eigenvalue weighted by atomic mass is 32.1. The molecule has 0 saturated carbocycles. The molecule has 0 aliphatic rings. The third-order valence-corrected chi connectivity index (χ3v) is 4.31. The average Bonchev–Trinajstić information content (AvgIpc) is 2.80. The van der Waals surface area contributed by atoms with Gasteiger partial charge in [0.15, 0.2) is 0 Å². The minimum atomic E-state index is 0.913. The Labute approximate surface area is 126 Å². The molecule has 0 amide bonds. The van der Waals surface area contributed by atoms with Crippen LogP contribution in [0.15, 0.2) is 43.0 Å². The lowest BCUT2D eigenvalue weighted by Crippen LogP contribution is -2.19. The van der Waals surface area contributed by atoms with E-state index >= 15 is 0 Å². The van der Waals surface area contributed by atoms with E-state index < -0.39 is 0 Å². The van der Waals surface area contributed by atoms with Gasteiger partial charge in [0.2, 0.25) is 0 Å². The molecule has 0 N–H and O–H groups in total. The van der Waals surface area contributed by atoms with Gasteiger partial charge in [0.05, 0.1) is 0 Å². The van der Waals surface area contributed by atoms with Crippen LogP contribution in [-0.4, -0.2) is 0 Å². The molecule has 1 heteroatoms. The van der Waals surface area contributed by atoms with Gasteiger partial charge >= 0.3 is 0 Å². The molecule has 0 unspecified atom stereocenters. The zero-order valence-electron chi connectivity index (χ0n) is 12.8. The molecule has 1 heterocycles. The summed E-state index contributed by atoms with van der Waals surface area (Å²) in [5.74, 6) is 0. The quantitative estimate of drug-likeness (QED) is 0.528. The molecule has 0 atom stereocenters. The van der Waals surface area contributed by atoms with Gasteiger partial charge in [-0.15, -0.1) is 17.9 Å². The topological polar surface area (TPSA) is 0 Å². The molecule has 0 fully saturated rings. The highest BCUT2D eigenvalue weighted by Crippen LogP contribution is 2.13. The summed E-state index contributed by atoms with van der Waals surface area (Å²) in [4.78, 5) is 1.37. The fourth-order valence-corrected chi connectivity index (χ4v) is 3.23. The van der Waals surface area contributed by atoms with Gasteiger partial charge in [-0.25, -0.2) is 0 Å². The second-order valence-corrected chi connectivity index (χ2v) is 5.64. The van der Waals surface area contributed by atoms with Crippen LogP contribution in [0.4, 0.5) is 0 Å². The van der Waals surface area contributed by atoms with Gasteiger partial charge in [0.1, 0.15) is 0 Å². The first-order valence-electron chi connectivity index (χ1n) is 7.06. The molecular weight excluding hydrogens is 260 g/mol. The molecule has 0 aliphatic carbocycles. The van der Waals surface area contributed by atoms with Crippen molar-refractivity contribution in [1.82, 2.24) is 0 Å². The number of thiophene rings is 1. The van der Waals surface area contributed by atoms with E-state index in [0.717, 1.165) is 18.4 Å². The van der Waals surface area contributed by atoms with E-state index in [9.17, 15) is 0 Å². The Morgan fingerprint density at radius 1 is 1.20 bits per heavy atom. The van der Waals surface area contributed by atoms with Crippen LogP contribution >= 0.6 is 11.3 Å². The molecule has 0 aromatic carbocycles. The molecule has 20 heavy (non-hydrogen) atoms. The van der Waals surface area contributed by atoms with E-state index in [2.05, 4.69) is 70.4 Å². The Kier molecular flexibility index (Phi) is 7.03. The maximum absolute atomic E-state index is 4.06. The Bertz CT molecular complexity index is 636. The molecule has 1 rings (SSSR count). The van der Waals surface area contributed by atoms with E-state index in [1.54, 1.807) is 0 Å². The van der Waals surface area contributed by atoms with Gasteiger partial charge in [-0.1, -0.05) is 56.0 Å². The molecule has 0 saturated heterocycles. The summed E-state index contributed by atoms with van der Waals surface area (Å²) in [6.07, 6.45) is 16.7. The zero-order valence-corrected chi connectivity index (χ0v) is 13.6. The van der Waals surface area contributed by atoms with E-state index in [1.807, 2.05) is 17.4 Å². The lowest BCUT2D eigenvalue weighted by atomic mass is 10.1. The van der Waals surface area contributed by atoms with Gasteiger partial charge < -0.3 is 0 Å². The van der Waals surface area contributed by atoms with Gasteiger partial charge in [-0.05, 0) is 36.6 Å². The largest absolute Gasteiger partial charge is 0.140 e. The predicted molar refractivity (Wildman–Crippen MR) is 95.4 cm³/mol. The monoisotopic (exact) mass is 284 g/mol. The maximum Gasteiger partial charge on any atom is 0.0306 e. The second kappa shape index (κ2) is 8.55. The van der Waals surface area contributed by atoms with Crippen LogP contribution in [0.5, 0.6) is 0 Å². The summed E-state index contributed by atoms with van der Waals surface area (Å²) in [7, 11) is 0. The highest BCUT2D eigenvalue weighted by molar-refractivity contribution is 7.10. The lowest BCUT2D eigenvalue weighted by molar-refractivity contribution is 1.22. The van der Waals surface area contributed by atoms with E-state index in [1.165, 1.54) is 20.2 Å². The Morgan fingerprint density at radius 3 is 2.50 bits per heavy atom. The summed E-state index contributed by atoms with van der Waals surface area (Å²) in [5.41, 5.74) is 2.34. The number of hydrogen-bond donors (Lipinski definition) is 0. The summed E-state index contributed by atoms with van der Waals surface area (Å²) >= 11 is 1.85. The van der Waals surface area contributed by atoms with Crippen molar-refractivity contribution in [3.63, 3.8) is 0 Å². The van der Waals surface area contributed by atoms with Gasteiger partial charge in [-0.2, -0.15) is 0 Å². The number of rotatable bonds is 6. The molecule has 106 valence electrons. The van der Waals surface area contributed by atoms with Crippen LogP contribution in [0, 0.1) is 0 Å². The van der Waals surface area contributed by atoms with Crippen molar-refractivity contribution >= 4 is 29.6 Å². The highest BCUT2D eigenvalue weighted by Gasteiger charge is 2.04. The first-order chi connectivity index (χ1) is 9.67. The molecule has 0 aliphatic heterocycles. The Hall–Kier alpha value is -1.60. The molecule has 0 radical (unpaired) electrons. The van der Waals surface area contributed by atoms with E-state index in [-0.39, 0.29) is 0 Å².